The number of benzene rings is 2. The van der Waals surface area contributed by atoms with Crippen molar-refractivity contribution in [1.82, 2.24) is 4.72 Å². The number of sulfonamides is 1. The van der Waals surface area contributed by atoms with Crippen LogP contribution in [0.4, 0.5) is 5.69 Å². The van der Waals surface area contributed by atoms with Crippen molar-refractivity contribution in [2.24, 2.45) is 0 Å². The molecule has 0 aromatic heterocycles. The Morgan fingerprint density at radius 1 is 0.909 bits per heavy atom. The van der Waals surface area contributed by atoms with Gasteiger partial charge in [0, 0.05) is 18.9 Å². The number of anilines is 1. The zero-order valence-electron chi connectivity index (χ0n) is 19.8. The minimum absolute atomic E-state index is 0.0621. The molecule has 1 heterocycles. The second-order valence-electron chi connectivity index (χ2n) is 8.40. The molecule has 1 unspecified atom stereocenters. The van der Waals surface area contributed by atoms with Crippen LogP contribution in [0.15, 0.2) is 35.2 Å². The van der Waals surface area contributed by atoms with Gasteiger partial charge < -0.3 is 9.47 Å². The summed E-state index contributed by atoms with van der Waals surface area (Å²) in [4.78, 5) is 25.4. The average Bonchev–Trinajstić information content (AvgIpc) is 3.10. The molecule has 178 valence electrons. The van der Waals surface area contributed by atoms with E-state index < -0.39 is 16.1 Å². The van der Waals surface area contributed by atoms with Gasteiger partial charge in [0.2, 0.25) is 21.8 Å². The van der Waals surface area contributed by atoms with E-state index in [1.807, 2.05) is 32.9 Å². The molecule has 33 heavy (non-hydrogen) atoms. The number of carbonyl (C=O) groups excluding carboxylic acids is 2. The Morgan fingerprint density at radius 3 is 2.06 bits per heavy atom. The second-order valence-corrected chi connectivity index (χ2v) is 10.1. The van der Waals surface area contributed by atoms with E-state index in [1.165, 1.54) is 25.3 Å². The fourth-order valence-corrected chi connectivity index (χ4v) is 5.27. The maximum Gasteiger partial charge on any atom is 0.241 e. The van der Waals surface area contributed by atoms with Crippen molar-refractivity contribution in [2.45, 2.75) is 57.4 Å². The van der Waals surface area contributed by atoms with Crippen molar-refractivity contribution < 1.29 is 27.5 Å². The van der Waals surface area contributed by atoms with Crippen LogP contribution in [-0.2, 0) is 19.6 Å². The molecule has 3 rings (SSSR count). The largest absolute Gasteiger partial charge is 0.496 e. The summed E-state index contributed by atoms with van der Waals surface area (Å²) < 4.78 is 39.9. The van der Waals surface area contributed by atoms with E-state index in [-0.39, 0.29) is 46.9 Å². The highest BCUT2D eigenvalue weighted by Gasteiger charge is 2.33. The van der Waals surface area contributed by atoms with Gasteiger partial charge in [-0.05, 0) is 66.8 Å². The summed E-state index contributed by atoms with van der Waals surface area (Å²) in [5.74, 6) is 0.440. The summed E-state index contributed by atoms with van der Waals surface area (Å²) in [5, 5.41) is 0. The third-order valence-electron chi connectivity index (χ3n) is 5.79. The predicted molar refractivity (Wildman–Crippen MR) is 125 cm³/mol. The van der Waals surface area contributed by atoms with Crippen molar-refractivity contribution in [3.63, 3.8) is 0 Å². The lowest BCUT2D eigenvalue weighted by atomic mass is 9.94. The zero-order chi connectivity index (χ0) is 24.5. The van der Waals surface area contributed by atoms with Gasteiger partial charge in [0.05, 0.1) is 24.8 Å². The molecule has 1 fully saturated rings. The highest BCUT2D eigenvalue weighted by atomic mass is 32.2. The first-order chi connectivity index (χ1) is 15.5. The van der Waals surface area contributed by atoms with Gasteiger partial charge in [-0.1, -0.05) is 13.8 Å². The minimum Gasteiger partial charge on any atom is -0.496 e. The van der Waals surface area contributed by atoms with Gasteiger partial charge >= 0.3 is 0 Å². The van der Waals surface area contributed by atoms with E-state index in [1.54, 1.807) is 14.0 Å². The average molecular weight is 475 g/mol. The van der Waals surface area contributed by atoms with Crippen LogP contribution in [0.3, 0.4) is 0 Å². The Kier molecular flexibility index (Phi) is 7.14. The molecule has 0 saturated carbocycles. The van der Waals surface area contributed by atoms with Crippen LogP contribution in [0, 0.1) is 6.92 Å². The van der Waals surface area contributed by atoms with Crippen LogP contribution >= 0.6 is 0 Å². The summed E-state index contributed by atoms with van der Waals surface area (Å²) in [5.41, 5.74) is 2.85. The summed E-state index contributed by atoms with van der Waals surface area (Å²) in [6.07, 6.45) is 0.173. The lowest BCUT2D eigenvalue weighted by Gasteiger charge is -2.22. The lowest BCUT2D eigenvalue weighted by molar-refractivity contribution is -0.121. The Labute approximate surface area is 194 Å². The second kappa shape index (κ2) is 9.52. The van der Waals surface area contributed by atoms with Crippen LogP contribution in [0.2, 0.25) is 0 Å². The molecule has 1 aliphatic rings. The van der Waals surface area contributed by atoms with Gasteiger partial charge in [-0.25, -0.2) is 18.0 Å². The number of nitrogens with zero attached hydrogens (tertiary/aromatic N) is 1. The quantitative estimate of drug-likeness (QED) is 0.584. The molecule has 1 aliphatic heterocycles. The maximum absolute atomic E-state index is 13.2. The van der Waals surface area contributed by atoms with Crippen LogP contribution < -0.4 is 19.1 Å². The van der Waals surface area contributed by atoms with Crippen molar-refractivity contribution in [1.29, 1.82) is 0 Å². The first-order valence-electron chi connectivity index (χ1n) is 10.7. The molecule has 0 radical (unpaired) electrons. The van der Waals surface area contributed by atoms with E-state index in [0.29, 0.717) is 0 Å². The predicted octanol–water partition coefficient (Wildman–Crippen LogP) is 3.83. The maximum atomic E-state index is 13.2. The standard InChI is InChI=1S/C24H30N2O6S/c1-14(2)18-13-19(15(3)11-22(18)32-6)16(4)25-33(29,30)17-7-8-21(31-5)20(12-17)26-23(27)9-10-24(26)28/h7-8,11-14,16,25H,9-10H2,1-6H3. The number of nitrogens with one attached hydrogen (secondary N) is 1. The molecule has 1 atom stereocenters. The van der Waals surface area contributed by atoms with Gasteiger partial charge in [-0.2, -0.15) is 0 Å². The molecule has 2 aromatic rings. The van der Waals surface area contributed by atoms with E-state index in [4.69, 9.17) is 9.47 Å². The molecular weight excluding hydrogens is 444 g/mol. The van der Waals surface area contributed by atoms with Crippen molar-refractivity contribution >= 4 is 27.5 Å². The Balaban J connectivity index is 1.97. The van der Waals surface area contributed by atoms with Crippen LogP contribution in [0.1, 0.15) is 62.3 Å². The van der Waals surface area contributed by atoms with Gasteiger partial charge in [0.15, 0.2) is 0 Å². The first kappa shape index (κ1) is 24.7. The van der Waals surface area contributed by atoms with E-state index in [9.17, 15) is 18.0 Å². The number of methoxy groups -OCH3 is 2. The smallest absolute Gasteiger partial charge is 0.241 e. The number of aryl methyl sites for hydroxylation is 1. The monoisotopic (exact) mass is 474 g/mol. The van der Waals surface area contributed by atoms with Gasteiger partial charge in [0.25, 0.3) is 0 Å². The highest BCUT2D eigenvalue weighted by molar-refractivity contribution is 7.89. The Morgan fingerprint density at radius 2 is 1.52 bits per heavy atom. The van der Waals surface area contributed by atoms with Crippen LogP contribution in [-0.4, -0.2) is 34.5 Å². The molecule has 8 nitrogen and oxygen atoms in total. The third kappa shape index (κ3) is 4.89. The number of hydrogen-bond donors (Lipinski definition) is 1. The number of ether oxygens (including phenoxy) is 2. The van der Waals surface area contributed by atoms with E-state index in [2.05, 4.69) is 4.72 Å². The Hall–Kier alpha value is -2.91. The molecule has 1 saturated heterocycles. The van der Waals surface area contributed by atoms with Crippen molar-refractivity contribution in [3.05, 3.63) is 47.0 Å². The normalized spacial score (nSPS) is 15.3. The molecule has 0 spiro atoms. The molecular formula is C24H30N2O6S. The lowest BCUT2D eigenvalue weighted by Crippen LogP contribution is -2.30. The van der Waals surface area contributed by atoms with Crippen LogP contribution in [0.5, 0.6) is 11.5 Å². The molecule has 0 bridgehead atoms. The van der Waals surface area contributed by atoms with Crippen LogP contribution in [0.25, 0.3) is 0 Å². The number of imide groups is 1. The first-order valence-corrected chi connectivity index (χ1v) is 12.2. The summed E-state index contributed by atoms with van der Waals surface area (Å²) in [6, 6.07) is 7.48. The number of hydrogen-bond acceptors (Lipinski definition) is 6. The SMILES string of the molecule is COc1cc(C)c(C(C)NS(=O)(=O)c2ccc(OC)c(N3C(=O)CCC3=O)c2)cc1C(C)C. The molecule has 0 aliphatic carbocycles. The molecule has 2 aromatic carbocycles. The molecule has 2 amide bonds. The summed E-state index contributed by atoms with van der Waals surface area (Å²) in [6.45, 7) is 7.77. The minimum atomic E-state index is -3.97. The van der Waals surface area contributed by atoms with Crippen molar-refractivity contribution in [2.75, 3.05) is 19.1 Å². The number of amides is 2. The van der Waals surface area contributed by atoms with Gasteiger partial charge in [-0.15, -0.1) is 0 Å². The molecule has 1 N–H and O–H groups in total. The van der Waals surface area contributed by atoms with Gasteiger partial charge in [0.1, 0.15) is 11.5 Å². The van der Waals surface area contributed by atoms with Crippen molar-refractivity contribution in [3.8, 4) is 11.5 Å². The molecule has 9 heteroatoms. The highest BCUT2D eigenvalue weighted by Crippen LogP contribution is 2.35. The summed E-state index contributed by atoms with van der Waals surface area (Å²) in [7, 11) is -0.957. The number of carbonyl (C=O) groups is 2. The topological polar surface area (TPSA) is 102 Å². The zero-order valence-corrected chi connectivity index (χ0v) is 20.6. The fraction of sp³-hybridized carbons (Fsp3) is 0.417. The Bertz CT molecular complexity index is 1170. The number of rotatable bonds is 8. The van der Waals surface area contributed by atoms with Gasteiger partial charge in [-0.3, -0.25) is 9.59 Å². The van der Waals surface area contributed by atoms with E-state index >= 15 is 0 Å². The summed E-state index contributed by atoms with van der Waals surface area (Å²) >= 11 is 0. The van der Waals surface area contributed by atoms with E-state index in [0.717, 1.165) is 27.3 Å². The fourth-order valence-electron chi connectivity index (χ4n) is 4.03. The third-order valence-corrected chi connectivity index (χ3v) is 7.33.